The Kier molecular flexibility index (Phi) is 10.9. The lowest BCUT2D eigenvalue weighted by atomic mass is 9.90. The van der Waals surface area contributed by atoms with E-state index in [-0.39, 0.29) is 12.4 Å². The van der Waals surface area contributed by atoms with Gasteiger partial charge in [0.15, 0.2) is 5.78 Å². The molecule has 0 radical (unpaired) electrons. The summed E-state index contributed by atoms with van der Waals surface area (Å²) in [6.45, 7) is 0.585. The van der Waals surface area contributed by atoms with E-state index in [0.717, 1.165) is 25.0 Å². The van der Waals surface area contributed by atoms with Crippen LogP contribution in [0.2, 0.25) is 0 Å². The van der Waals surface area contributed by atoms with Gasteiger partial charge in [0.25, 0.3) is 0 Å². The highest BCUT2D eigenvalue weighted by molar-refractivity contribution is 8.04. The summed E-state index contributed by atoms with van der Waals surface area (Å²) in [5.74, 6) is 0.724. The van der Waals surface area contributed by atoms with E-state index in [4.69, 9.17) is 9.84 Å². The summed E-state index contributed by atoms with van der Waals surface area (Å²) in [5, 5.41) is 30.9. The number of hydrogen-bond donors (Lipinski definition) is 3. The van der Waals surface area contributed by atoms with Gasteiger partial charge in [-0.1, -0.05) is 55.7 Å². The van der Waals surface area contributed by atoms with Crippen LogP contribution in [0, 0.1) is 0 Å². The quantitative estimate of drug-likeness (QED) is 0.265. The van der Waals surface area contributed by atoms with Crippen molar-refractivity contribution in [2.75, 3.05) is 13.2 Å². The normalized spacial score (nSPS) is 23.6. The van der Waals surface area contributed by atoms with Crippen molar-refractivity contribution in [1.82, 2.24) is 0 Å². The molecule has 5 nitrogen and oxygen atoms in total. The number of aliphatic hydroxyl groups is 3. The maximum atomic E-state index is 13.2. The van der Waals surface area contributed by atoms with Gasteiger partial charge in [-0.2, -0.15) is 0 Å². The first-order chi connectivity index (χ1) is 16.5. The van der Waals surface area contributed by atoms with Gasteiger partial charge >= 0.3 is 0 Å². The topological polar surface area (TPSA) is 87.0 Å². The van der Waals surface area contributed by atoms with Gasteiger partial charge in [0, 0.05) is 17.4 Å². The number of para-hydroxylation sites is 1. The number of carbonyl (C=O) groups excluding carboxylic acids is 1. The summed E-state index contributed by atoms with van der Waals surface area (Å²) in [5.41, 5.74) is -0.929. The van der Waals surface area contributed by atoms with E-state index in [1.807, 2.05) is 30.3 Å². The number of rotatable bonds is 13. The van der Waals surface area contributed by atoms with Gasteiger partial charge in [-0.25, -0.2) is 0 Å². The van der Waals surface area contributed by atoms with Crippen LogP contribution in [0.1, 0.15) is 64.2 Å². The average Bonchev–Trinajstić information content (AvgIpc) is 3.08. The molecule has 0 amide bonds. The predicted molar refractivity (Wildman–Crippen MR) is 138 cm³/mol. The number of allylic oxidation sites excluding steroid dienone is 3. The van der Waals surface area contributed by atoms with Crippen molar-refractivity contribution in [1.29, 1.82) is 0 Å². The number of benzene rings is 1. The lowest BCUT2D eigenvalue weighted by molar-refractivity contribution is -0.112. The van der Waals surface area contributed by atoms with Crippen molar-refractivity contribution in [3.8, 4) is 5.75 Å². The van der Waals surface area contributed by atoms with Gasteiger partial charge in [-0.05, 0) is 63.2 Å². The Labute approximate surface area is 207 Å². The molecule has 3 rings (SSSR count). The van der Waals surface area contributed by atoms with Crippen LogP contribution in [0.4, 0.5) is 0 Å². The van der Waals surface area contributed by atoms with Crippen LogP contribution in [0.3, 0.4) is 0 Å². The minimum atomic E-state index is -1.30. The maximum absolute atomic E-state index is 13.2. The number of carbonyl (C=O) groups is 1. The van der Waals surface area contributed by atoms with E-state index < -0.39 is 11.7 Å². The number of aliphatic hydroxyl groups excluding tert-OH is 2. The lowest BCUT2D eigenvalue weighted by Gasteiger charge is -2.22. The predicted octanol–water partition coefficient (Wildman–Crippen LogP) is 5.12. The van der Waals surface area contributed by atoms with Crippen molar-refractivity contribution in [2.24, 2.45) is 0 Å². The van der Waals surface area contributed by atoms with Crippen LogP contribution in [0.15, 0.2) is 65.1 Å². The molecule has 1 aromatic rings. The fourth-order valence-corrected chi connectivity index (χ4v) is 5.85. The second kappa shape index (κ2) is 13.9. The average molecular weight is 487 g/mol. The van der Waals surface area contributed by atoms with Crippen LogP contribution in [0.25, 0.3) is 0 Å². The molecule has 186 valence electrons. The molecule has 2 aliphatic rings. The summed E-state index contributed by atoms with van der Waals surface area (Å²) < 4.78 is 5.76. The van der Waals surface area contributed by atoms with E-state index in [0.29, 0.717) is 48.0 Å². The van der Waals surface area contributed by atoms with Crippen LogP contribution in [0.5, 0.6) is 5.75 Å². The molecule has 1 saturated carbocycles. The molecule has 0 bridgehead atoms. The molecule has 34 heavy (non-hydrogen) atoms. The Morgan fingerprint density at radius 2 is 1.88 bits per heavy atom. The van der Waals surface area contributed by atoms with Crippen molar-refractivity contribution < 1.29 is 24.9 Å². The molecule has 0 saturated heterocycles. The van der Waals surface area contributed by atoms with Gasteiger partial charge in [-0.3, -0.25) is 4.79 Å². The monoisotopic (exact) mass is 486 g/mol. The molecular formula is C28H38O5S. The molecule has 0 aliphatic heterocycles. The number of thioether (sulfide) groups is 1. The van der Waals surface area contributed by atoms with E-state index in [9.17, 15) is 15.0 Å². The molecule has 0 heterocycles. The molecular weight excluding hydrogens is 448 g/mol. The minimum absolute atomic E-state index is 0.0316. The van der Waals surface area contributed by atoms with Crippen molar-refractivity contribution >= 4 is 17.5 Å². The second-order valence-corrected chi connectivity index (χ2v) is 10.5. The highest BCUT2D eigenvalue weighted by Crippen LogP contribution is 2.43. The SMILES string of the molecule is O=C1C(SC2CCCCC2)=CC(O)(CCCCOc2ccccc2)/C1=C\C=C/C(O)CCCO. The molecule has 0 spiro atoms. The summed E-state index contributed by atoms with van der Waals surface area (Å²) in [7, 11) is 0. The Morgan fingerprint density at radius 3 is 2.62 bits per heavy atom. The van der Waals surface area contributed by atoms with Crippen LogP contribution < -0.4 is 4.74 Å². The molecule has 1 aromatic carbocycles. The van der Waals surface area contributed by atoms with Gasteiger partial charge in [0.05, 0.1) is 17.6 Å². The first kappa shape index (κ1) is 26.7. The third-order valence-corrected chi connectivity index (χ3v) is 7.73. The number of ketones is 1. The zero-order valence-corrected chi connectivity index (χ0v) is 20.7. The number of ether oxygens (including phenoxy) is 1. The maximum Gasteiger partial charge on any atom is 0.198 e. The largest absolute Gasteiger partial charge is 0.494 e. The van der Waals surface area contributed by atoms with E-state index in [2.05, 4.69) is 0 Å². The zero-order valence-electron chi connectivity index (χ0n) is 19.9. The third-order valence-electron chi connectivity index (χ3n) is 6.37. The minimum Gasteiger partial charge on any atom is -0.494 e. The smallest absolute Gasteiger partial charge is 0.198 e. The van der Waals surface area contributed by atoms with Crippen molar-refractivity contribution in [3.05, 3.63) is 65.1 Å². The molecule has 3 N–H and O–H groups in total. The second-order valence-electron chi connectivity index (χ2n) is 9.16. The summed E-state index contributed by atoms with van der Waals surface area (Å²) >= 11 is 1.62. The summed E-state index contributed by atoms with van der Waals surface area (Å²) in [6, 6.07) is 9.65. The van der Waals surface area contributed by atoms with E-state index >= 15 is 0 Å². The first-order valence-electron chi connectivity index (χ1n) is 12.5. The third kappa shape index (κ3) is 8.12. The Hall–Kier alpha value is -1.86. The summed E-state index contributed by atoms with van der Waals surface area (Å²) in [6.07, 6.45) is 14.8. The number of Topliss-reactive ketones (excluding diaryl/α,β-unsaturated/α-hetero) is 1. The Morgan fingerprint density at radius 1 is 1.12 bits per heavy atom. The van der Waals surface area contributed by atoms with Gasteiger partial charge in [0.1, 0.15) is 11.4 Å². The highest BCUT2D eigenvalue weighted by atomic mass is 32.2. The standard InChI is InChI=1S/C28H38O5S/c29-19-10-12-22(30)11-9-17-25-27(31)26(34-24-15-5-2-6-16-24)21-28(25,32)18-7-8-20-33-23-13-3-1-4-14-23/h1,3-4,9,11,13-14,17,21-22,24,29-30,32H,2,5-8,10,12,15-16,18-20H2/b11-9-,25-17-. The molecule has 2 unspecified atom stereocenters. The number of hydrogen-bond acceptors (Lipinski definition) is 6. The van der Waals surface area contributed by atoms with Crippen LogP contribution in [-0.4, -0.2) is 51.3 Å². The highest BCUT2D eigenvalue weighted by Gasteiger charge is 2.42. The molecule has 1 fully saturated rings. The lowest BCUT2D eigenvalue weighted by Crippen LogP contribution is -2.28. The van der Waals surface area contributed by atoms with Crippen molar-refractivity contribution in [2.45, 2.75) is 81.2 Å². The van der Waals surface area contributed by atoms with Crippen LogP contribution in [-0.2, 0) is 4.79 Å². The fraction of sp³-hybridized carbons (Fsp3) is 0.536. The van der Waals surface area contributed by atoms with Crippen molar-refractivity contribution in [3.63, 3.8) is 0 Å². The zero-order chi connectivity index (χ0) is 24.2. The summed E-state index contributed by atoms with van der Waals surface area (Å²) in [4.78, 5) is 13.9. The van der Waals surface area contributed by atoms with Gasteiger partial charge in [0.2, 0.25) is 0 Å². The van der Waals surface area contributed by atoms with E-state index in [1.165, 1.54) is 19.3 Å². The van der Waals surface area contributed by atoms with Gasteiger partial charge in [-0.15, -0.1) is 11.8 Å². The molecule has 2 atom stereocenters. The number of unbranched alkanes of at least 4 members (excludes halogenated alkanes) is 1. The van der Waals surface area contributed by atoms with Gasteiger partial charge < -0.3 is 20.1 Å². The fourth-order valence-electron chi connectivity index (χ4n) is 4.45. The molecule has 6 heteroatoms. The molecule has 0 aromatic heterocycles. The first-order valence-corrected chi connectivity index (χ1v) is 13.4. The van der Waals surface area contributed by atoms with E-state index in [1.54, 1.807) is 36.1 Å². The Balaban J connectivity index is 1.63. The van der Waals surface area contributed by atoms with Crippen LogP contribution >= 0.6 is 11.8 Å². The molecule has 2 aliphatic carbocycles. The Bertz CT molecular complexity index is 857.